The van der Waals surface area contributed by atoms with Gasteiger partial charge in [0, 0.05) is 38.9 Å². The van der Waals surface area contributed by atoms with E-state index in [1.165, 1.54) is 0 Å². The van der Waals surface area contributed by atoms with Gasteiger partial charge in [-0.2, -0.15) is 4.98 Å². The molecule has 1 atom stereocenters. The van der Waals surface area contributed by atoms with E-state index in [1.807, 2.05) is 19.1 Å². The number of aliphatic hydroxyl groups is 1. The second kappa shape index (κ2) is 6.41. The zero-order valence-corrected chi connectivity index (χ0v) is 12.9. The molecule has 2 aromatic heterocycles. The second-order valence-corrected chi connectivity index (χ2v) is 5.66. The Kier molecular flexibility index (Phi) is 4.35. The van der Waals surface area contributed by atoms with Crippen LogP contribution in [0.25, 0.3) is 11.5 Å². The summed E-state index contributed by atoms with van der Waals surface area (Å²) in [6.45, 7) is 7.88. The molecule has 0 aliphatic carbocycles. The zero-order chi connectivity index (χ0) is 15.5. The van der Waals surface area contributed by atoms with Gasteiger partial charge >= 0.3 is 0 Å². The van der Waals surface area contributed by atoms with Gasteiger partial charge in [0.2, 0.25) is 0 Å². The maximum atomic E-state index is 9.49. The van der Waals surface area contributed by atoms with E-state index in [-0.39, 0.29) is 6.10 Å². The molecule has 0 aromatic carbocycles. The summed E-state index contributed by atoms with van der Waals surface area (Å²) in [5, 5.41) is 13.3. The Balaban J connectivity index is 1.76. The number of nitrogens with zero attached hydrogens (tertiary/aromatic N) is 5. The highest BCUT2D eigenvalue weighted by Crippen LogP contribution is 2.28. The number of rotatable bonds is 4. The third-order valence-electron chi connectivity index (χ3n) is 3.74. The predicted octanol–water partition coefficient (Wildman–Crippen LogP) is 0.943. The Labute approximate surface area is 129 Å². The third-order valence-corrected chi connectivity index (χ3v) is 3.74. The van der Waals surface area contributed by atoms with Gasteiger partial charge in [0.15, 0.2) is 5.82 Å². The molecule has 3 heterocycles. The first kappa shape index (κ1) is 14.9. The van der Waals surface area contributed by atoms with Crippen molar-refractivity contribution in [2.45, 2.75) is 20.0 Å². The van der Waals surface area contributed by atoms with Gasteiger partial charge in [0.25, 0.3) is 5.89 Å². The summed E-state index contributed by atoms with van der Waals surface area (Å²) in [7, 11) is 0. The molecule has 2 aromatic rings. The summed E-state index contributed by atoms with van der Waals surface area (Å²) in [4.78, 5) is 13.3. The lowest BCUT2D eigenvalue weighted by Crippen LogP contribution is -2.48. The van der Waals surface area contributed by atoms with Crippen LogP contribution in [0.5, 0.6) is 0 Å². The quantitative estimate of drug-likeness (QED) is 0.900. The SMILES string of the molecule is Cc1noc(-c2cccnc2N2CCN(C[C@@H](C)O)CC2)n1. The molecule has 1 N–H and O–H groups in total. The van der Waals surface area contributed by atoms with Crippen LogP contribution in [0.1, 0.15) is 12.7 Å². The summed E-state index contributed by atoms with van der Waals surface area (Å²) < 4.78 is 5.28. The van der Waals surface area contributed by atoms with Crippen LogP contribution in [0.4, 0.5) is 5.82 Å². The van der Waals surface area contributed by atoms with Crippen molar-refractivity contribution in [3.8, 4) is 11.5 Å². The topological polar surface area (TPSA) is 78.5 Å². The number of aliphatic hydroxyl groups excluding tert-OH is 1. The molecule has 0 bridgehead atoms. The number of pyridine rings is 1. The van der Waals surface area contributed by atoms with E-state index in [9.17, 15) is 5.11 Å². The van der Waals surface area contributed by atoms with Crippen LogP contribution in [0.2, 0.25) is 0 Å². The van der Waals surface area contributed by atoms with E-state index in [0.717, 1.165) is 37.6 Å². The van der Waals surface area contributed by atoms with Crippen molar-refractivity contribution in [1.82, 2.24) is 20.0 Å². The second-order valence-electron chi connectivity index (χ2n) is 5.66. The van der Waals surface area contributed by atoms with Crippen LogP contribution < -0.4 is 4.90 Å². The molecule has 0 amide bonds. The Morgan fingerprint density at radius 3 is 2.73 bits per heavy atom. The number of piperazine rings is 1. The van der Waals surface area contributed by atoms with Gasteiger partial charge in [-0.1, -0.05) is 5.16 Å². The van der Waals surface area contributed by atoms with Crippen molar-refractivity contribution in [1.29, 1.82) is 0 Å². The standard InChI is InChI=1S/C15H21N5O2/c1-11(21)10-19-6-8-20(9-7-19)14-13(4-3-5-16-14)15-17-12(2)18-22-15/h3-5,11,21H,6-10H2,1-2H3/t11-/m1/s1. The molecule has 1 fully saturated rings. The maximum absolute atomic E-state index is 9.49. The molecule has 118 valence electrons. The lowest BCUT2D eigenvalue weighted by molar-refractivity contribution is 0.122. The summed E-state index contributed by atoms with van der Waals surface area (Å²) in [6, 6.07) is 3.83. The van der Waals surface area contributed by atoms with Crippen LogP contribution in [-0.4, -0.2) is 64.0 Å². The highest BCUT2D eigenvalue weighted by Gasteiger charge is 2.22. The minimum atomic E-state index is -0.293. The van der Waals surface area contributed by atoms with E-state index >= 15 is 0 Å². The van der Waals surface area contributed by atoms with Crippen molar-refractivity contribution < 1.29 is 9.63 Å². The highest BCUT2D eigenvalue weighted by atomic mass is 16.5. The van der Waals surface area contributed by atoms with E-state index in [0.29, 0.717) is 18.3 Å². The maximum Gasteiger partial charge on any atom is 0.261 e. The van der Waals surface area contributed by atoms with Gasteiger partial charge in [0.1, 0.15) is 5.82 Å². The van der Waals surface area contributed by atoms with Gasteiger partial charge in [-0.05, 0) is 26.0 Å². The molecule has 0 unspecified atom stereocenters. The fourth-order valence-electron chi connectivity index (χ4n) is 2.74. The van der Waals surface area contributed by atoms with Crippen LogP contribution in [0.15, 0.2) is 22.9 Å². The van der Waals surface area contributed by atoms with E-state index in [2.05, 4.69) is 24.9 Å². The summed E-state index contributed by atoms with van der Waals surface area (Å²) >= 11 is 0. The molecule has 1 saturated heterocycles. The average Bonchev–Trinajstić information content (AvgIpc) is 2.94. The fraction of sp³-hybridized carbons (Fsp3) is 0.533. The van der Waals surface area contributed by atoms with Crippen molar-refractivity contribution in [2.24, 2.45) is 0 Å². The monoisotopic (exact) mass is 303 g/mol. The molecule has 7 nitrogen and oxygen atoms in total. The van der Waals surface area contributed by atoms with E-state index < -0.39 is 0 Å². The Morgan fingerprint density at radius 1 is 1.32 bits per heavy atom. The van der Waals surface area contributed by atoms with Crippen LogP contribution in [0, 0.1) is 6.92 Å². The number of β-amino-alcohol motifs (C(OH)–C–C–N with tert-alkyl or cyclic N) is 1. The number of aryl methyl sites for hydroxylation is 1. The molecule has 7 heteroatoms. The molecule has 1 aliphatic heterocycles. The Bertz CT molecular complexity index is 620. The van der Waals surface area contributed by atoms with Crippen LogP contribution in [0.3, 0.4) is 0 Å². The normalized spacial score (nSPS) is 17.7. The van der Waals surface area contributed by atoms with Gasteiger partial charge in [0.05, 0.1) is 11.7 Å². The molecular formula is C15H21N5O2. The zero-order valence-electron chi connectivity index (χ0n) is 12.9. The minimum Gasteiger partial charge on any atom is -0.392 e. The number of hydrogen-bond acceptors (Lipinski definition) is 7. The van der Waals surface area contributed by atoms with Crippen LogP contribution >= 0.6 is 0 Å². The van der Waals surface area contributed by atoms with Crippen molar-refractivity contribution in [3.63, 3.8) is 0 Å². The van der Waals surface area contributed by atoms with Crippen molar-refractivity contribution >= 4 is 5.82 Å². The Hall–Kier alpha value is -1.99. The lowest BCUT2D eigenvalue weighted by Gasteiger charge is -2.36. The number of hydrogen-bond donors (Lipinski definition) is 1. The largest absolute Gasteiger partial charge is 0.392 e. The summed E-state index contributed by atoms with van der Waals surface area (Å²) in [5.41, 5.74) is 0.868. The molecular weight excluding hydrogens is 282 g/mol. The summed E-state index contributed by atoms with van der Waals surface area (Å²) in [6.07, 6.45) is 1.49. The molecule has 0 radical (unpaired) electrons. The van der Waals surface area contributed by atoms with Crippen molar-refractivity contribution in [2.75, 3.05) is 37.6 Å². The lowest BCUT2D eigenvalue weighted by atomic mass is 10.2. The molecule has 0 saturated carbocycles. The first-order valence-electron chi connectivity index (χ1n) is 7.54. The van der Waals surface area contributed by atoms with Gasteiger partial charge in [-0.25, -0.2) is 4.98 Å². The average molecular weight is 303 g/mol. The van der Waals surface area contributed by atoms with Crippen LogP contribution in [-0.2, 0) is 0 Å². The first-order valence-corrected chi connectivity index (χ1v) is 7.54. The molecule has 0 spiro atoms. The molecule has 22 heavy (non-hydrogen) atoms. The molecule has 1 aliphatic rings. The van der Waals surface area contributed by atoms with E-state index in [4.69, 9.17) is 4.52 Å². The number of anilines is 1. The first-order chi connectivity index (χ1) is 10.6. The highest BCUT2D eigenvalue weighted by molar-refractivity contribution is 5.69. The Morgan fingerprint density at radius 2 is 2.09 bits per heavy atom. The third kappa shape index (κ3) is 3.26. The summed E-state index contributed by atoms with van der Waals surface area (Å²) in [5.74, 6) is 2.00. The minimum absolute atomic E-state index is 0.293. The molecule has 3 rings (SSSR count). The van der Waals surface area contributed by atoms with Gasteiger partial charge in [-0.3, -0.25) is 4.90 Å². The fourth-order valence-corrected chi connectivity index (χ4v) is 2.74. The number of aromatic nitrogens is 3. The smallest absolute Gasteiger partial charge is 0.261 e. The predicted molar refractivity (Wildman–Crippen MR) is 82.6 cm³/mol. The van der Waals surface area contributed by atoms with Crippen molar-refractivity contribution in [3.05, 3.63) is 24.2 Å². The van der Waals surface area contributed by atoms with Gasteiger partial charge < -0.3 is 14.5 Å². The van der Waals surface area contributed by atoms with Gasteiger partial charge in [-0.15, -0.1) is 0 Å². The van der Waals surface area contributed by atoms with E-state index in [1.54, 1.807) is 13.1 Å².